The van der Waals surface area contributed by atoms with Crippen molar-refractivity contribution < 1.29 is 5.11 Å². The molecule has 4 heteroatoms. The molecule has 0 fully saturated rings. The summed E-state index contributed by atoms with van der Waals surface area (Å²) in [5, 5.41) is 16.6. The molecule has 1 unspecified atom stereocenters. The van der Waals surface area contributed by atoms with Crippen molar-refractivity contribution in [2.75, 3.05) is 0 Å². The number of nitrogens with zero attached hydrogens (tertiary/aromatic N) is 1. The summed E-state index contributed by atoms with van der Waals surface area (Å²) in [5.41, 5.74) is 3.79. The quantitative estimate of drug-likeness (QED) is 0.892. The van der Waals surface area contributed by atoms with E-state index >= 15 is 0 Å². The topological polar surface area (TPSA) is 45.1 Å². The Bertz CT molecular complexity index is 621. The molecule has 0 radical (unpaired) electrons. The molecule has 1 aromatic carbocycles. The fourth-order valence-electron chi connectivity index (χ4n) is 2.88. The number of hydrogen-bond acceptors (Lipinski definition) is 4. The van der Waals surface area contributed by atoms with Crippen molar-refractivity contribution in [3.05, 3.63) is 45.4 Å². The monoisotopic (exact) mass is 302 g/mol. The maximum atomic E-state index is 9.72. The molecule has 1 aliphatic carbocycles. The molecule has 112 valence electrons. The van der Waals surface area contributed by atoms with Crippen molar-refractivity contribution in [2.45, 2.75) is 51.6 Å². The van der Waals surface area contributed by atoms with Crippen molar-refractivity contribution in [2.24, 2.45) is 0 Å². The summed E-state index contributed by atoms with van der Waals surface area (Å²) in [6.07, 6.45) is 3.44. The van der Waals surface area contributed by atoms with Crippen LogP contribution in [-0.2, 0) is 13.0 Å². The first-order chi connectivity index (χ1) is 10.1. The van der Waals surface area contributed by atoms with Gasteiger partial charge in [-0.3, -0.25) is 0 Å². The van der Waals surface area contributed by atoms with Gasteiger partial charge in [-0.1, -0.05) is 19.9 Å². The Morgan fingerprint density at radius 3 is 3.05 bits per heavy atom. The predicted molar refractivity (Wildman–Crippen MR) is 86.8 cm³/mol. The number of phenolic OH excluding ortho intramolecular Hbond substituents is 1. The average Bonchev–Trinajstić information content (AvgIpc) is 2.94. The molecule has 1 aromatic heterocycles. The van der Waals surface area contributed by atoms with Gasteiger partial charge in [-0.05, 0) is 48.4 Å². The van der Waals surface area contributed by atoms with Gasteiger partial charge in [0.1, 0.15) is 10.8 Å². The first kappa shape index (κ1) is 14.5. The highest BCUT2D eigenvalue weighted by atomic mass is 32.1. The van der Waals surface area contributed by atoms with Crippen LogP contribution in [0.2, 0.25) is 0 Å². The van der Waals surface area contributed by atoms with Gasteiger partial charge in [0.25, 0.3) is 0 Å². The lowest BCUT2D eigenvalue weighted by molar-refractivity contribution is 0.445. The number of phenols is 1. The fourth-order valence-corrected chi connectivity index (χ4v) is 3.79. The number of nitrogens with one attached hydrogen (secondary N) is 1. The first-order valence-electron chi connectivity index (χ1n) is 7.63. The van der Waals surface area contributed by atoms with Gasteiger partial charge >= 0.3 is 0 Å². The fraction of sp³-hybridized carbons (Fsp3) is 0.471. The van der Waals surface area contributed by atoms with E-state index in [-0.39, 0.29) is 0 Å². The second-order valence-electron chi connectivity index (χ2n) is 6.03. The Balaban J connectivity index is 1.70. The zero-order chi connectivity index (χ0) is 14.8. The van der Waals surface area contributed by atoms with Crippen LogP contribution in [0.5, 0.6) is 5.75 Å². The largest absolute Gasteiger partial charge is 0.508 e. The SMILES string of the molecule is CC(C)c1csc(CNC2CCCc3ccc(O)cc32)n1. The van der Waals surface area contributed by atoms with E-state index in [2.05, 4.69) is 35.6 Å². The molecule has 0 bridgehead atoms. The maximum absolute atomic E-state index is 9.72. The first-order valence-corrected chi connectivity index (χ1v) is 8.51. The molecular weight excluding hydrogens is 280 g/mol. The van der Waals surface area contributed by atoms with Gasteiger partial charge in [-0.2, -0.15) is 0 Å². The lowest BCUT2D eigenvalue weighted by Crippen LogP contribution is -2.24. The highest BCUT2D eigenvalue weighted by molar-refractivity contribution is 7.09. The lowest BCUT2D eigenvalue weighted by Gasteiger charge is -2.26. The number of fused-ring (bicyclic) bond motifs is 1. The van der Waals surface area contributed by atoms with E-state index in [1.165, 1.54) is 23.2 Å². The molecule has 0 saturated heterocycles. The van der Waals surface area contributed by atoms with Crippen LogP contribution in [-0.4, -0.2) is 10.1 Å². The number of benzene rings is 1. The van der Waals surface area contributed by atoms with Crippen LogP contribution >= 0.6 is 11.3 Å². The van der Waals surface area contributed by atoms with Crippen LogP contribution in [0, 0.1) is 0 Å². The summed E-state index contributed by atoms with van der Waals surface area (Å²) in [7, 11) is 0. The smallest absolute Gasteiger partial charge is 0.115 e. The summed E-state index contributed by atoms with van der Waals surface area (Å²) in [5.74, 6) is 0.848. The van der Waals surface area contributed by atoms with Crippen LogP contribution in [0.4, 0.5) is 0 Å². The third kappa shape index (κ3) is 3.27. The number of aromatic nitrogens is 1. The molecule has 2 aromatic rings. The van der Waals surface area contributed by atoms with Crippen molar-refractivity contribution in [1.82, 2.24) is 10.3 Å². The van der Waals surface area contributed by atoms with Crippen LogP contribution in [0.15, 0.2) is 23.6 Å². The second kappa shape index (κ2) is 6.16. The van der Waals surface area contributed by atoms with Crippen molar-refractivity contribution >= 4 is 11.3 Å². The molecule has 0 saturated carbocycles. The van der Waals surface area contributed by atoms with E-state index in [9.17, 15) is 5.11 Å². The van der Waals surface area contributed by atoms with Crippen LogP contribution in [0.3, 0.4) is 0 Å². The number of rotatable bonds is 4. The summed E-state index contributed by atoms with van der Waals surface area (Å²) in [6.45, 7) is 5.15. The second-order valence-corrected chi connectivity index (χ2v) is 6.97. The highest BCUT2D eigenvalue weighted by Gasteiger charge is 2.20. The summed E-state index contributed by atoms with van der Waals surface area (Å²) < 4.78 is 0. The Kier molecular flexibility index (Phi) is 4.27. The van der Waals surface area contributed by atoms with Crippen LogP contribution in [0.25, 0.3) is 0 Å². The minimum atomic E-state index is 0.326. The molecule has 0 amide bonds. The van der Waals surface area contributed by atoms with Gasteiger partial charge in [0.15, 0.2) is 0 Å². The van der Waals surface area contributed by atoms with Crippen molar-refractivity contribution in [3.8, 4) is 5.75 Å². The van der Waals surface area contributed by atoms with Crippen molar-refractivity contribution in [3.63, 3.8) is 0 Å². The average molecular weight is 302 g/mol. The standard InChI is InChI=1S/C17H22N2OS/c1-11(2)16-10-21-17(19-16)9-18-15-5-3-4-12-6-7-13(20)8-14(12)15/h6-8,10-11,15,18,20H,3-5,9H2,1-2H3. The molecule has 0 spiro atoms. The Morgan fingerprint density at radius 1 is 1.43 bits per heavy atom. The molecule has 0 aliphatic heterocycles. The van der Waals surface area contributed by atoms with Gasteiger partial charge in [0.2, 0.25) is 0 Å². The third-order valence-corrected chi connectivity index (χ3v) is 4.97. The van der Waals surface area contributed by atoms with Gasteiger partial charge < -0.3 is 10.4 Å². The highest BCUT2D eigenvalue weighted by Crippen LogP contribution is 2.32. The normalized spacial score (nSPS) is 18.0. The van der Waals surface area contributed by atoms with E-state index in [1.807, 2.05) is 6.07 Å². The van der Waals surface area contributed by atoms with Crippen LogP contribution < -0.4 is 5.32 Å². The Labute approximate surface area is 130 Å². The predicted octanol–water partition coefficient (Wildman–Crippen LogP) is 4.14. The Morgan fingerprint density at radius 2 is 2.29 bits per heavy atom. The lowest BCUT2D eigenvalue weighted by atomic mass is 9.87. The van der Waals surface area contributed by atoms with Gasteiger partial charge in [-0.15, -0.1) is 11.3 Å². The number of thiazole rings is 1. The molecular formula is C17H22N2OS. The molecule has 21 heavy (non-hydrogen) atoms. The van der Waals surface area contributed by atoms with E-state index in [0.717, 1.165) is 24.4 Å². The van der Waals surface area contributed by atoms with E-state index in [0.29, 0.717) is 17.7 Å². The summed E-state index contributed by atoms with van der Waals surface area (Å²) in [4.78, 5) is 4.67. The Hall–Kier alpha value is -1.39. The molecule has 3 nitrogen and oxygen atoms in total. The third-order valence-electron chi connectivity index (χ3n) is 4.10. The minimum Gasteiger partial charge on any atom is -0.508 e. The molecule has 3 rings (SSSR count). The number of aryl methyl sites for hydroxylation is 1. The van der Waals surface area contributed by atoms with E-state index < -0.39 is 0 Å². The summed E-state index contributed by atoms with van der Waals surface area (Å²) in [6, 6.07) is 6.08. The van der Waals surface area contributed by atoms with E-state index in [4.69, 9.17) is 0 Å². The zero-order valence-corrected chi connectivity index (χ0v) is 13.4. The number of aromatic hydroxyl groups is 1. The van der Waals surface area contributed by atoms with E-state index in [1.54, 1.807) is 17.4 Å². The van der Waals surface area contributed by atoms with Gasteiger partial charge in [0.05, 0.1) is 5.69 Å². The summed E-state index contributed by atoms with van der Waals surface area (Å²) >= 11 is 1.73. The minimum absolute atomic E-state index is 0.326. The van der Waals surface area contributed by atoms with Gasteiger partial charge in [0, 0.05) is 18.0 Å². The number of hydrogen-bond donors (Lipinski definition) is 2. The van der Waals surface area contributed by atoms with Crippen LogP contribution in [0.1, 0.15) is 60.5 Å². The van der Waals surface area contributed by atoms with Gasteiger partial charge in [-0.25, -0.2) is 4.98 Å². The molecule has 1 atom stereocenters. The maximum Gasteiger partial charge on any atom is 0.115 e. The molecule has 1 heterocycles. The molecule has 2 N–H and O–H groups in total. The zero-order valence-electron chi connectivity index (χ0n) is 12.6. The molecule has 1 aliphatic rings. The van der Waals surface area contributed by atoms with Crippen molar-refractivity contribution in [1.29, 1.82) is 0 Å².